The van der Waals surface area contributed by atoms with Crippen LogP contribution in [0.3, 0.4) is 0 Å². The second-order valence-electron chi connectivity index (χ2n) is 9.63. The van der Waals surface area contributed by atoms with Crippen LogP contribution >= 0.6 is 0 Å². The zero-order valence-electron chi connectivity index (χ0n) is 17.1. The third-order valence-corrected chi connectivity index (χ3v) is 20.7. The normalized spacial score (nSPS) is 27.7. The van der Waals surface area contributed by atoms with Crippen molar-refractivity contribution in [2.75, 3.05) is 0 Å². The minimum atomic E-state index is -1.34. The summed E-state index contributed by atoms with van der Waals surface area (Å²) < 4.78 is 3.87. The van der Waals surface area contributed by atoms with Gasteiger partial charge < -0.3 is 0 Å². The Morgan fingerprint density at radius 3 is 0.720 bits per heavy atom. The van der Waals surface area contributed by atoms with Crippen LogP contribution in [0.15, 0.2) is 0 Å². The fraction of sp³-hybridized carbons (Fsp3) is 1.00. The van der Waals surface area contributed by atoms with Crippen molar-refractivity contribution in [1.29, 1.82) is 0 Å². The molecule has 0 atom stereocenters. The van der Waals surface area contributed by atoms with Gasteiger partial charge in [-0.1, -0.05) is 0 Å². The molecular weight excluding hydrogens is 407 g/mol. The second-order valence-corrected chi connectivity index (χ2v) is 19.5. The Morgan fingerprint density at radius 2 is 0.480 bits per heavy atom. The van der Waals surface area contributed by atoms with E-state index in [-0.39, 0.29) is 0 Å². The SMILES string of the molecule is C1CCC[CH]([Sn]([CH]2CCCCCCC2)[CH]2CCCCCCC2)CCC1. The van der Waals surface area contributed by atoms with Crippen molar-refractivity contribution in [3.8, 4) is 0 Å². The third kappa shape index (κ3) is 7.04. The molecule has 1 radical (unpaired) electrons. The Labute approximate surface area is 166 Å². The topological polar surface area (TPSA) is 0 Å². The van der Waals surface area contributed by atoms with Gasteiger partial charge in [-0.05, 0) is 0 Å². The molecule has 3 aliphatic rings. The molecule has 1 heteroatoms. The first kappa shape index (κ1) is 20.5. The van der Waals surface area contributed by atoms with Crippen LogP contribution < -0.4 is 0 Å². The van der Waals surface area contributed by atoms with E-state index < -0.39 is 19.8 Å². The summed E-state index contributed by atoms with van der Waals surface area (Å²) in [5.41, 5.74) is 0. The van der Waals surface area contributed by atoms with Crippen LogP contribution in [-0.4, -0.2) is 19.8 Å². The molecule has 0 aliphatic heterocycles. The van der Waals surface area contributed by atoms with Gasteiger partial charge in [-0.2, -0.15) is 0 Å². The maximum absolute atomic E-state index is 1.67. The van der Waals surface area contributed by atoms with Gasteiger partial charge in [-0.25, -0.2) is 0 Å². The average Bonchev–Trinajstić information content (AvgIpc) is 2.51. The minimum absolute atomic E-state index is 1.29. The van der Waals surface area contributed by atoms with Crippen LogP contribution in [0.1, 0.15) is 135 Å². The summed E-state index contributed by atoms with van der Waals surface area (Å²) in [7, 11) is 0. The van der Waals surface area contributed by atoms with E-state index in [1.807, 2.05) is 0 Å². The maximum atomic E-state index is 1.67. The Balaban J connectivity index is 1.72. The molecule has 0 aromatic heterocycles. The molecular formula is C24H45Sn. The summed E-state index contributed by atoms with van der Waals surface area (Å²) in [5, 5.41) is 0. The molecule has 0 amide bonds. The van der Waals surface area contributed by atoms with Gasteiger partial charge in [-0.15, -0.1) is 0 Å². The molecule has 3 fully saturated rings. The van der Waals surface area contributed by atoms with Gasteiger partial charge in [0.2, 0.25) is 0 Å². The van der Waals surface area contributed by atoms with Gasteiger partial charge in [0.25, 0.3) is 0 Å². The van der Waals surface area contributed by atoms with Crippen molar-refractivity contribution >= 4 is 19.8 Å². The van der Waals surface area contributed by atoms with Gasteiger partial charge in [0.15, 0.2) is 0 Å². The van der Waals surface area contributed by atoms with Crippen molar-refractivity contribution < 1.29 is 0 Å². The number of hydrogen-bond acceptors (Lipinski definition) is 0. The van der Waals surface area contributed by atoms with E-state index in [2.05, 4.69) is 0 Å². The van der Waals surface area contributed by atoms with Crippen molar-refractivity contribution in [3.63, 3.8) is 0 Å². The van der Waals surface area contributed by atoms with Crippen LogP contribution in [0.5, 0.6) is 0 Å². The molecule has 145 valence electrons. The monoisotopic (exact) mass is 453 g/mol. The van der Waals surface area contributed by atoms with Crippen LogP contribution in [0, 0.1) is 0 Å². The second kappa shape index (κ2) is 12.3. The molecule has 0 nitrogen and oxygen atoms in total. The first-order valence-corrected chi connectivity index (χ1v) is 17.3. The standard InChI is InChI=1S/3C8H15.Sn/c3*1-2-4-6-8-7-5-3-1;/h3*1H,2-8H2;. The van der Waals surface area contributed by atoms with E-state index in [9.17, 15) is 0 Å². The van der Waals surface area contributed by atoms with E-state index in [0.29, 0.717) is 0 Å². The summed E-state index contributed by atoms with van der Waals surface area (Å²) in [5.74, 6) is 0. The Kier molecular flexibility index (Phi) is 10.1. The van der Waals surface area contributed by atoms with Crippen molar-refractivity contribution in [2.24, 2.45) is 0 Å². The summed E-state index contributed by atoms with van der Waals surface area (Å²) in [6.45, 7) is 0. The molecule has 0 spiro atoms. The van der Waals surface area contributed by atoms with Crippen LogP contribution in [0.25, 0.3) is 0 Å². The van der Waals surface area contributed by atoms with E-state index in [1.54, 1.807) is 116 Å². The van der Waals surface area contributed by atoms with Gasteiger partial charge >= 0.3 is 166 Å². The fourth-order valence-electron chi connectivity index (χ4n) is 6.37. The zero-order chi connectivity index (χ0) is 17.2. The molecule has 3 saturated carbocycles. The van der Waals surface area contributed by atoms with E-state index in [4.69, 9.17) is 0 Å². The predicted octanol–water partition coefficient (Wildman–Crippen LogP) is 8.82. The fourth-order valence-corrected chi connectivity index (χ4v) is 21.3. The molecule has 0 saturated heterocycles. The number of rotatable bonds is 3. The number of hydrogen-bond donors (Lipinski definition) is 0. The Hall–Kier alpha value is 0.799. The molecule has 0 aromatic carbocycles. The summed E-state index contributed by atoms with van der Waals surface area (Å²) >= 11 is -1.34. The molecule has 0 bridgehead atoms. The quantitative estimate of drug-likeness (QED) is 0.375. The Morgan fingerprint density at radius 1 is 0.280 bits per heavy atom. The molecule has 3 rings (SSSR count). The molecule has 0 aromatic rings. The van der Waals surface area contributed by atoms with Gasteiger partial charge in [-0.3, -0.25) is 0 Å². The Bertz CT molecular complexity index is 263. The van der Waals surface area contributed by atoms with Crippen LogP contribution in [-0.2, 0) is 0 Å². The molecule has 0 heterocycles. The first-order valence-electron chi connectivity index (χ1n) is 12.3. The zero-order valence-corrected chi connectivity index (χ0v) is 19.9. The van der Waals surface area contributed by atoms with Crippen molar-refractivity contribution in [2.45, 2.75) is 147 Å². The van der Waals surface area contributed by atoms with Crippen molar-refractivity contribution in [3.05, 3.63) is 0 Å². The third-order valence-electron chi connectivity index (χ3n) is 7.73. The summed E-state index contributed by atoms with van der Waals surface area (Å²) in [6, 6.07) is 0. The van der Waals surface area contributed by atoms with Crippen LogP contribution in [0.4, 0.5) is 0 Å². The molecule has 25 heavy (non-hydrogen) atoms. The predicted molar refractivity (Wildman–Crippen MR) is 114 cm³/mol. The molecule has 0 N–H and O–H groups in total. The van der Waals surface area contributed by atoms with Gasteiger partial charge in [0.05, 0.1) is 0 Å². The molecule has 0 unspecified atom stereocenters. The van der Waals surface area contributed by atoms with Crippen LogP contribution in [0.2, 0.25) is 11.8 Å². The summed E-state index contributed by atoms with van der Waals surface area (Å²) in [6.07, 6.45) is 33.5. The first-order chi connectivity index (χ1) is 12.4. The van der Waals surface area contributed by atoms with E-state index in [0.717, 1.165) is 0 Å². The van der Waals surface area contributed by atoms with Gasteiger partial charge in [0.1, 0.15) is 0 Å². The van der Waals surface area contributed by atoms with E-state index in [1.165, 1.54) is 31.1 Å². The van der Waals surface area contributed by atoms with E-state index >= 15 is 0 Å². The summed E-state index contributed by atoms with van der Waals surface area (Å²) in [4.78, 5) is 0. The van der Waals surface area contributed by atoms with Gasteiger partial charge in [0, 0.05) is 0 Å². The van der Waals surface area contributed by atoms with Crippen molar-refractivity contribution in [1.82, 2.24) is 0 Å². The average molecular weight is 452 g/mol. The molecule has 3 aliphatic carbocycles.